The largest absolute Gasteiger partial charge is 0.481 e. The predicted octanol–water partition coefficient (Wildman–Crippen LogP) is 3.05. The molecule has 1 amide bonds. The van der Waals surface area contributed by atoms with Gasteiger partial charge in [-0.25, -0.2) is 9.37 Å². The number of anilines is 1. The Bertz CT molecular complexity index is 1080. The molecule has 1 saturated carbocycles. The average molecular weight is 438 g/mol. The van der Waals surface area contributed by atoms with E-state index in [1.54, 1.807) is 12.1 Å². The Hall–Kier alpha value is -2.72. The van der Waals surface area contributed by atoms with Gasteiger partial charge in [0.05, 0.1) is 36.4 Å². The zero-order valence-electron chi connectivity index (χ0n) is 16.2. The predicted molar refractivity (Wildman–Crippen MR) is 98.8 cm³/mol. The highest BCUT2D eigenvalue weighted by atomic mass is 19.4. The zero-order chi connectivity index (χ0) is 22.2. The van der Waals surface area contributed by atoms with Crippen LogP contribution >= 0.6 is 0 Å². The Kier molecular flexibility index (Phi) is 4.17. The lowest BCUT2D eigenvalue weighted by atomic mass is 9.74. The van der Waals surface area contributed by atoms with Crippen molar-refractivity contribution in [1.82, 2.24) is 4.98 Å². The molecule has 3 fully saturated rings. The van der Waals surface area contributed by atoms with E-state index >= 15 is 0 Å². The highest BCUT2D eigenvalue weighted by Gasteiger charge is 2.87. The number of benzene rings is 1. The summed E-state index contributed by atoms with van der Waals surface area (Å²) in [4.78, 5) is 17.4. The van der Waals surface area contributed by atoms with Crippen LogP contribution in [0.2, 0.25) is 0 Å². The summed E-state index contributed by atoms with van der Waals surface area (Å²) in [6.45, 7) is 0. The molecule has 5 rings (SSSR count). The number of aliphatic hydroxyl groups excluding tert-OH is 1. The highest BCUT2D eigenvalue weighted by molar-refractivity contribution is 6.01. The molecule has 3 heterocycles. The van der Waals surface area contributed by atoms with Crippen molar-refractivity contribution in [3.63, 3.8) is 0 Å². The maximum absolute atomic E-state index is 14.0. The third-order valence-corrected chi connectivity index (χ3v) is 6.78. The standard InChI is InChI=1S/C21H18F4N2O4/c1-30-16-6-10(4-5-26-16)19-9-20(19,15-8-14(28)17(19)31-15)18(29)27-11-2-3-12(13(22)7-11)21(23,24)25/h2-7,14-15,17,28H,8-9H2,1H3,(H,27,29)/t14-,15+,17-,19+,20+/m0/s1. The summed E-state index contributed by atoms with van der Waals surface area (Å²) in [5.41, 5.74) is -2.61. The third kappa shape index (κ3) is 2.64. The molecule has 164 valence electrons. The fraction of sp³-hybridized carbons (Fsp3) is 0.429. The van der Waals surface area contributed by atoms with Gasteiger partial charge in [-0.3, -0.25) is 4.79 Å². The van der Waals surface area contributed by atoms with E-state index in [4.69, 9.17) is 9.47 Å². The van der Waals surface area contributed by atoms with Gasteiger partial charge in [0.25, 0.3) is 0 Å². The minimum Gasteiger partial charge on any atom is -0.481 e. The average Bonchev–Trinajstić information content (AvgIpc) is 3.20. The molecule has 2 bridgehead atoms. The van der Waals surface area contributed by atoms with E-state index in [0.29, 0.717) is 24.4 Å². The molecule has 5 atom stereocenters. The van der Waals surface area contributed by atoms with Gasteiger partial charge < -0.3 is 19.9 Å². The van der Waals surface area contributed by atoms with Crippen molar-refractivity contribution < 1.29 is 36.9 Å². The van der Waals surface area contributed by atoms with E-state index in [-0.39, 0.29) is 12.1 Å². The van der Waals surface area contributed by atoms with E-state index in [1.807, 2.05) is 0 Å². The number of hydrogen-bond donors (Lipinski definition) is 2. The molecule has 1 aromatic carbocycles. The number of pyridine rings is 1. The van der Waals surface area contributed by atoms with Gasteiger partial charge in [-0.05, 0) is 36.2 Å². The maximum atomic E-state index is 14.0. The molecule has 6 nitrogen and oxygen atoms in total. The fourth-order valence-electron chi connectivity index (χ4n) is 5.40. The lowest BCUT2D eigenvalue weighted by Gasteiger charge is -2.29. The van der Waals surface area contributed by atoms with Crippen LogP contribution in [0.5, 0.6) is 5.88 Å². The van der Waals surface area contributed by atoms with Crippen LogP contribution in [0.25, 0.3) is 0 Å². The van der Waals surface area contributed by atoms with Gasteiger partial charge in [0.15, 0.2) is 0 Å². The van der Waals surface area contributed by atoms with Crippen LogP contribution in [0.3, 0.4) is 0 Å². The number of carbonyl (C=O) groups is 1. The van der Waals surface area contributed by atoms with Crippen LogP contribution in [0.1, 0.15) is 24.0 Å². The topological polar surface area (TPSA) is 80.7 Å². The molecular weight excluding hydrogens is 420 g/mol. The number of carbonyl (C=O) groups excluding carboxylic acids is 1. The van der Waals surface area contributed by atoms with Crippen molar-refractivity contribution in [3.05, 3.63) is 53.5 Å². The second-order valence-corrected chi connectivity index (χ2v) is 8.20. The number of hydrogen-bond acceptors (Lipinski definition) is 5. The number of ether oxygens (including phenoxy) is 2. The summed E-state index contributed by atoms with van der Waals surface area (Å²) >= 11 is 0. The first kappa shape index (κ1) is 20.2. The number of nitrogens with one attached hydrogen (secondary N) is 1. The van der Waals surface area contributed by atoms with Gasteiger partial charge in [-0.15, -0.1) is 0 Å². The van der Waals surface area contributed by atoms with Crippen molar-refractivity contribution in [2.75, 3.05) is 12.4 Å². The van der Waals surface area contributed by atoms with Crippen LogP contribution in [0, 0.1) is 11.2 Å². The van der Waals surface area contributed by atoms with E-state index in [9.17, 15) is 27.5 Å². The maximum Gasteiger partial charge on any atom is 0.419 e. The summed E-state index contributed by atoms with van der Waals surface area (Å²) in [5.74, 6) is -1.61. The molecule has 2 N–H and O–H groups in total. The molecule has 0 unspecified atom stereocenters. The number of rotatable bonds is 4. The van der Waals surface area contributed by atoms with Gasteiger partial charge in [-0.2, -0.15) is 13.2 Å². The number of alkyl halides is 3. The number of methoxy groups -OCH3 is 1. The fourth-order valence-corrected chi connectivity index (χ4v) is 5.40. The van der Waals surface area contributed by atoms with Gasteiger partial charge in [-0.1, -0.05) is 0 Å². The lowest BCUT2D eigenvalue weighted by molar-refractivity contribution is -0.140. The molecule has 3 aliphatic rings. The molecule has 10 heteroatoms. The quantitative estimate of drug-likeness (QED) is 0.718. The first-order valence-corrected chi connectivity index (χ1v) is 9.66. The summed E-state index contributed by atoms with van der Waals surface area (Å²) in [6, 6.07) is 5.68. The molecule has 0 spiro atoms. The second-order valence-electron chi connectivity index (χ2n) is 8.20. The van der Waals surface area contributed by atoms with Crippen molar-refractivity contribution in [1.29, 1.82) is 0 Å². The van der Waals surface area contributed by atoms with Gasteiger partial charge >= 0.3 is 6.18 Å². The molecular formula is C21H18F4N2O4. The van der Waals surface area contributed by atoms with Crippen molar-refractivity contribution in [2.24, 2.45) is 5.41 Å². The summed E-state index contributed by atoms with van der Waals surface area (Å²) in [7, 11) is 1.46. The molecule has 1 aliphatic carbocycles. The van der Waals surface area contributed by atoms with Gasteiger partial charge in [0.1, 0.15) is 5.82 Å². The number of aliphatic hydroxyl groups is 1. The minimum atomic E-state index is -4.83. The van der Waals surface area contributed by atoms with Crippen molar-refractivity contribution >= 4 is 11.6 Å². The van der Waals surface area contributed by atoms with Crippen LogP contribution < -0.4 is 10.1 Å². The number of fused-ring (bicyclic) bond motifs is 5. The summed E-state index contributed by atoms with van der Waals surface area (Å²) in [5, 5.41) is 13.0. The summed E-state index contributed by atoms with van der Waals surface area (Å²) < 4.78 is 63.5. The lowest BCUT2D eigenvalue weighted by Crippen LogP contribution is -2.44. The molecule has 31 heavy (non-hydrogen) atoms. The van der Waals surface area contributed by atoms with Crippen LogP contribution in [0.4, 0.5) is 23.2 Å². The molecule has 2 saturated heterocycles. The Morgan fingerprint density at radius 3 is 2.77 bits per heavy atom. The number of aromatic nitrogens is 1. The number of nitrogens with zero attached hydrogens (tertiary/aromatic N) is 1. The monoisotopic (exact) mass is 438 g/mol. The Morgan fingerprint density at radius 2 is 2.10 bits per heavy atom. The molecule has 0 radical (unpaired) electrons. The Labute approximate surface area is 174 Å². The van der Waals surface area contributed by atoms with Crippen LogP contribution in [-0.2, 0) is 21.1 Å². The first-order chi connectivity index (χ1) is 14.6. The molecule has 1 aromatic heterocycles. The molecule has 2 aliphatic heterocycles. The zero-order valence-corrected chi connectivity index (χ0v) is 16.2. The Morgan fingerprint density at radius 1 is 1.32 bits per heavy atom. The van der Waals surface area contributed by atoms with Crippen LogP contribution in [-0.4, -0.2) is 41.4 Å². The molecule has 2 aromatic rings. The minimum absolute atomic E-state index is 0.0821. The van der Waals surface area contributed by atoms with Gasteiger partial charge in [0.2, 0.25) is 11.8 Å². The van der Waals surface area contributed by atoms with E-state index in [1.165, 1.54) is 13.3 Å². The summed E-state index contributed by atoms with van der Waals surface area (Å²) in [6.07, 6.45) is -4.57. The van der Waals surface area contributed by atoms with E-state index in [2.05, 4.69) is 10.3 Å². The van der Waals surface area contributed by atoms with Crippen molar-refractivity contribution in [3.8, 4) is 5.88 Å². The second kappa shape index (κ2) is 6.39. The SMILES string of the molecule is COc1cc([C@@]23C[C@]2(C(=O)Nc2ccc(C(F)(F)F)c(F)c2)[C@H]2C[C@H](O)[C@@H]3O2)ccn1. The van der Waals surface area contributed by atoms with E-state index in [0.717, 1.165) is 11.6 Å². The van der Waals surface area contributed by atoms with E-state index < -0.39 is 52.6 Å². The third-order valence-electron chi connectivity index (χ3n) is 6.78. The first-order valence-electron chi connectivity index (χ1n) is 9.66. The normalized spacial score (nSPS) is 33.2. The van der Waals surface area contributed by atoms with Crippen LogP contribution in [0.15, 0.2) is 36.5 Å². The van der Waals surface area contributed by atoms with Gasteiger partial charge in [0, 0.05) is 29.8 Å². The Balaban J connectivity index is 1.48. The number of amides is 1. The smallest absolute Gasteiger partial charge is 0.419 e. The number of halogens is 4. The highest BCUT2D eigenvalue weighted by Crippen LogP contribution is 2.77. The van der Waals surface area contributed by atoms with Crippen molar-refractivity contribution in [2.45, 2.75) is 42.7 Å².